The van der Waals surface area contributed by atoms with Gasteiger partial charge in [-0.2, -0.15) is 4.31 Å². The molecule has 1 rings (SSSR count). The number of nitrogens with one attached hydrogen (secondary N) is 1. The lowest BCUT2D eigenvalue weighted by atomic mass is 10.2. The summed E-state index contributed by atoms with van der Waals surface area (Å²) in [7, 11) is -2.17. The quantitative estimate of drug-likeness (QED) is 0.578. The fourth-order valence-corrected chi connectivity index (χ4v) is 3.73. The smallest absolute Gasteiger partial charge is 0.244 e. The molecule has 0 aromatic heterocycles. The van der Waals surface area contributed by atoms with Crippen LogP contribution in [0.15, 0.2) is 29.7 Å². The number of sulfonamides is 1. The number of hydrogen-bond acceptors (Lipinski definition) is 3. The minimum atomic E-state index is -3.66. The van der Waals surface area contributed by atoms with Crippen LogP contribution in [-0.2, 0) is 16.6 Å². The van der Waals surface area contributed by atoms with Gasteiger partial charge in [0.15, 0.2) is 0 Å². The lowest BCUT2D eigenvalue weighted by molar-refractivity contribution is 0.499. The van der Waals surface area contributed by atoms with E-state index in [1.165, 1.54) is 29.6 Å². The second-order valence-corrected chi connectivity index (χ2v) is 7.45. The van der Waals surface area contributed by atoms with E-state index in [9.17, 15) is 8.42 Å². The molecule has 7 heteroatoms. The van der Waals surface area contributed by atoms with Gasteiger partial charge in [0.1, 0.15) is 4.90 Å². The van der Waals surface area contributed by atoms with Gasteiger partial charge in [-0.3, -0.25) is 0 Å². The van der Waals surface area contributed by atoms with Crippen LogP contribution in [0.3, 0.4) is 0 Å². The first kappa shape index (κ1) is 18.5. The van der Waals surface area contributed by atoms with E-state index < -0.39 is 10.0 Å². The van der Waals surface area contributed by atoms with Crippen molar-refractivity contribution >= 4 is 33.2 Å². The van der Waals surface area contributed by atoms with E-state index in [1.807, 2.05) is 0 Å². The largest absolute Gasteiger partial charge is 0.313 e. The highest BCUT2D eigenvalue weighted by molar-refractivity contribution is 7.89. The lowest BCUT2D eigenvalue weighted by Gasteiger charge is -2.17. The van der Waals surface area contributed by atoms with E-state index in [1.54, 1.807) is 0 Å². The Labute approximate surface area is 136 Å². The molecule has 1 N–H and O–H groups in total. The summed E-state index contributed by atoms with van der Waals surface area (Å²) in [5.41, 5.74) is 0.708. The molecule has 1 aromatic rings. The molecule has 0 bridgehead atoms. The zero-order chi connectivity index (χ0) is 16.0. The summed E-state index contributed by atoms with van der Waals surface area (Å²) < 4.78 is 26.1. The SMILES string of the molecule is C=CCN(C)S(=O)(=O)c1cc(CNCCC)c(Cl)cc1Cl. The van der Waals surface area contributed by atoms with E-state index in [-0.39, 0.29) is 16.5 Å². The van der Waals surface area contributed by atoms with Gasteiger partial charge in [0, 0.05) is 25.2 Å². The average molecular weight is 351 g/mol. The standard InChI is InChI=1S/C14H20Cl2N2O2S/c1-4-6-17-10-11-8-14(13(16)9-12(11)15)21(19,20)18(3)7-5-2/h5,8-9,17H,2,4,6-7,10H2,1,3H3. The maximum absolute atomic E-state index is 12.5. The zero-order valence-electron chi connectivity index (χ0n) is 12.2. The molecule has 0 spiro atoms. The van der Waals surface area contributed by atoms with Crippen LogP contribution in [0.1, 0.15) is 18.9 Å². The number of rotatable bonds is 8. The Bertz CT molecular complexity index is 603. The summed E-state index contributed by atoms with van der Waals surface area (Å²) in [6.07, 6.45) is 2.50. The molecule has 0 heterocycles. The van der Waals surface area contributed by atoms with Gasteiger partial charge in [-0.25, -0.2) is 8.42 Å². The molecule has 0 radical (unpaired) electrons. The van der Waals surface area contributed by atoms with Gasteiger partial charge < -0.3 is 5.32 Å². The monoisotopic (exact) mass is 350 g/mol. The molecule has 1 aromatic carbocycles. The van der Waals surface area contributed by atoms with Crippen molar-refractivity contribution in [2.24, 2.45) is 0 Å². The van der Waals surface area contributed by atoms with Gasteiger partial charge in [-0.15, -0.1) is 6.58 Å². The molecule has 0 aliphatic heterocycles. The van der Waals surface area contributed by atoms with E-state index in [2.05, 4.69) is 18.8 Å². The molecule has 0 aliphatic carbocycles. The van der Waals surface area contributed by atoms with Crippen molar-refractivity contribution < 1.29 is 8.42 Å². The van der Waals surface area contributed by atoms with Gasteiger partial charge in [0.2, 0.25) is 10.0 Å². The number of hydrogen-bond donors (Lipinski definition) is 1. The molecule has 4 nitrogen and oxygen atoms in total. The van der Waals surface area contributed by atoms with E-state index in [4.69, 9.17) is 23.2 Å². The van der Waals surface area contributed by atoms with Crippen LogP contribution in [0.5, 0.6) is 0 Å². The first-order valence-electron chi connectivity index (χ1n) is 6.60. The van der Waals surface area contributed by atoms with Crippen molar-refractivity contribution in [3.8, 4) is 0 Å². The topological polar surface area (TPSA) is 49.4 Å². The molecule has 118 valence electrons. The van der Waals surface area contributed by atoms with E-state index in [0.717, 1.165) is 13.0 Å². The van der Waals surface area contributed by atoms with Crippen LogP contribution < -0.4 is 5.32 Å². The molecule has 0 unspecified atom stereocenters. The minimum absolute atomic E-state index is 0.0613. The fourth-order valence-electron chi connectivity index (χ4n) is 1.75. The number of nitrogens with zero attached hydrogens (tertiary/aromatic N) is 1. The minimum Gasteiger partial charge on any atom is -0.313 e. The Morgan fingerprint density at radius 2 is 2.00 bits per heavy atom. The molecular formula is C14H20Cl2N2O2S. The highest BCUT2D eigenvalue weighted by atomic mass is 35.5. The Balaban J connectivity index is 3.17. The van der Waals surface area contributed by atoms with Crippen LogP contribution in [0.4, 0.5) is 0 Å². The summed E-state index contributed by atoms with van der Waals surface area (Å²) in [4.78, 5) is 0.0613. The second kappa shape index (κ2) is 8.15. The van der Waals surface area contributed by atoms with Gasteiger partial charge >= 0.3 is 0 Å². The van der Waals surface area contributed by atoms with Crippen LogP contribution in [-0.4, -0.2) is 32.9 Å². The number of benzene rings is 1. The van der Waals surface area contributed by atoms with Gasteiger partial charge in [-0.05, 0) is 30.7 Å². The third kappa shape index (κ3) is 4.69. The fraction of sp³-hybridized carbons (Fsp3) is 0.429. The molecule has 21 heavy (non-hydrogen) atoms. The van der Waals surface area contributed by atoms with E-state index >= 15 is 0 Å². The van der Waals surface area contributed by atoms with Gasteiger partial charge in [-0.1, -0.05) is 36.2 Å². The zero-order valence-corrected chi connectivity index (χ0v) is 14.5. The second-order valence-electron chi connectivity index (χ2n) is 4.63. The van der Waals surface area contributed by atoms with Crippen molar-refractivity contribution in [1.82, 2.24) is 9.62 Å². The lowest BCUT2D eigenvalue weighted by Crippen LogP contribution is -2.27. The molecule has 0 aliphatic rings. The normalized spacial score (nSPS) is 11.9. The van der Waals surface area contributed by atoms with Crippen LogP contribution >= 0.6 is 23.2 Å². The average Bonchev–Trinajstić information content (AvgIpc) is 2.41. The van der Waals surface area contributed by atoms with Crippen molar-refractivity contribution in [2.75, 3.05) is 20.1 Å². The number of likely N-dealkylation sites (N-methyl/N-ethyl adjacent to an activating group) is 1. The summed E-state index contributed by atoms with van der Waals surface area (Å²) in [5.74, 6) is 0. The predicted octanol–water partition coefficient (Wildman–Crippen LogP) is 3.30. The molecule has 0 saturated carbocycles. The van der Waals surface area contributed by atoms with Crippen LogP contribution in [0, 0.1) is 0 Å². The van der Waals surface area contributed by atoms with Gasteiger partial charge in [0.25, 0.3) is 0 Å². The maximum Gasteiger partial charge on any atom is 0.244 e. The Kier molecular flexibility index (Phi) is 7.16. The molecular weight excluding hydrogens is 331 g/mol. The summed E-state index contributed by atoms with van der Waals surface area (Å²) in [6.45, 7) is 7.14. The number of halogens is 2. The summed E-state index contributed by atoms with van der Waals surface area (Å²) >= 11 is 12.2. The molecule has 0 atom stereocenters. The predicted molar refractivity (Wildman–Crippen MR) is 88.5 cm³/mol. The van der Waals surface area contributed by atoms with Gasteiger partial charge in [0.05, 0.1) is 5.02 Å². The summed E-state index contributed by atoms with van der Waals surface area (Å²) in [5, 5.41) is 3.77. The van der Waals surface area contributed by atoms with Crippen molar-refractivity contribution in [3.05, 3.63) is 40.4 Å². The first-order valence-corrected chi connectivity index (χ1v) is 8.80. The van der Waals surface area contributed by atoms with Crippen molar-refractivity contribution in [3.63, 3.8) is 0 Å². The van der Waals surface area contributed by atoms with Crippen LogP contribution in [0.25, 0.3) is 0 Å². The molecule has 0 saturated heterocycles. The Morgan fingerprint density at radius 1 is 1.33 bits per heavy atom. The maximum atomic E-state index is 12.5. The van der Waals surface area contributed by atoms with E-state index in [0.29, 0.717) is 17.1 Å². The van der Waals surface area contributed by atoms with Crippen LogP contribution in [0.2, 0.25) is 10.0 Å². The summed E-state index contributed by atoms with van der Waals surface area (Å²) in [6, 6.07) is 3.00. The Morgan fingerprint density at radius 3 is 2.57 bits per heavy atom. The third-order valence-corrected chi connectivity index (χ3v) is 5.56. The molecule has 0 fully saturated rings. The highest BCUT2D eigenvalue weighted by Crippen LogP contribution is 2.30. The molecule has 0 amide bonds. The first-order chi connectivity index (χ1) is 9.84. The highest BCUT2D eigenvalue weighted by Gasteiger charge is 2.24. The van der Waals surface area contributed by atoms with Crippen molar-refractivity contribution in [1.29, 1.82) is 0 Å². The Hall–Kier alpha value is -0.590. The van der Waals surface area contributed by atoms with Crippen molar-refractivity contribution in [2.45, 2.75) is 24.8 Å². The third-order valence-electron chi connectivity index (χ3n) is 2.92.